The Morgan fingerprint density at radius 1 is 0.968 bits per heavy atom. The van der Waals surface area contributed by atoms with Gasteiger partial charge < -0.3 is 10.1 Å². The van der Waals surface area contributed by atoms with E-state index in [1.165, 1.54) is 11.8 Å². The predicted molar refractivity (Wildman–Crippen MR) is 123 cm³/mol. The van der Waals surface area contributed by atoms with E-state index >= 15 is 0 Å². The van der Waals surface area contributed by atoms with Crippen molar-refractivity contribution in [1.29, 1.82) is 0 Å². The molecule has 4 rings (SSSR count). The van der Waals surface area contributed by atoms with Crippen LogP contribution >= 0.6 is 0 Å². The van der Waals surface area contributed by atoms with Gasteiger partial charge in [-0.25, -0.2) is 8.42 Å². The van der Waals surface area contributed by atoms with E-state index in [1.807, 2.05) is 56.3 Å². The number of nitrogens with one attached hydrogen (secondary N) is 1. The molecule has 0 fully saturated rings. The molecular weight excluding hydrogens is 408 g/mol. The minimum atomic E-state index is -3.76. The molecule has 6 heteroatoms. The number of anilines is 1. The smallest absolute Gasteiger partial charge is 0.210 e. The number of fused-ring (bicyclic) bond motifs is 1. The molecule has 0 unspecified atom stereocenters. The molecule has 3 aromatic carbocycles. The molecule has 0 aliphatic carbocycles. The van der Waals surface area contributed by atoms with Gasteiger partial charge in [-0.15, -0.1) is 0 Å². The van der Waals surface area contributed by atoms with Crippen molar-refractivity contribution in [2.24, 2.45) is 0 Å². The highest BCUT2D eigenvalue weighted by Crippen LogP contribution is 2.35. The lowest BCUT2D eigenvalue weighted by Crippen LogP contribution is -2.09. The van der Waals surface area contributed by atoms with Gasteiger partial charge in [0.15, 0.2) is 0 Å². The second kappa shape index (κ2) is 8.78. The molecule has 0 aliphatic rings. The number of sulfone groups is 1. The molecule has 31 heavy (non-hydrogen) atoms. The maximum absolute atomic E-state index is 13.5. The highest BCUT2D eigenvalue weighted by molar-refractivity contribution is 7.91. The average molecular weight is 433 g/mol. The summed E-state index contributed by atoms with van der Waals surface area (Å²) in [6.07, 6.45) is 1.43. The van der Waals surface area contributed by atoms with Gasteiger partial charge in [-0.05, 0) is 49.7 Å². The van der Waals surface area contributed by atoms with Gasteiger partial charge in [0.2, 0.25) is 9.84 Å². The molecule has 0 atom stereocenters. The summed E-state index contributed by atoms with van der Waals surface area (Å²) in [5.74, 6) is 0.671. The number of benzene rings is 3. The lowest BCUT2D eigenvalue weighted by atomic mass is 10.1. The van der Waals surface area contributed by atoms with Crippen LogP contribution in [-0.4, -0.2) is 20.0 Å². The quantitative estimate of drug-likeness (QED) is 0.424. The summed E-state index contributed by atoms with van der Waals surface area (Å²) in [5, 5.41) is 4.07. The fourth-order valence-corrected chi connectivity index (χ4v) is 4.83. The number of hydrogen-bond donors (Lipinski definition) is 1. The number of nitrogens with zero attached hydrogens (tertiary/aromatic N) is 1. The maximum atomic E-state index is 13.5. The zero-order chi connectivity index (χ0) is 21.8. The SMILES string of the molecule is CCOc1ccc2ncc(S(=O)(=O)c3ccccc3)c(NCc3ccc(C)cc3)c2c1. The second-order valence-corrected chi connectivity index (χ2v) is 9.18. The normalized spacial score (nSPS) is 11.4. The van der Waals surface area contributed by atoms with Crippen molar-refractivity contribution >= 4 is 26.4 Å². The Hall–Kier alpha value is -3.38. The van der Waals surface area contributed by atoms with Crippen molar-refractivity contribution in [3.8, 4) is 5.75 Å². The summed E-state index contributed by atoms with van der Waals surface area (Å²) in [5.41, 5.74) is 3.45. The molecule has 1 N–H and O–H groups in total. The highest BCUT2D eigenvalue weighted by atomic mass is 32.2. The molecule has 0 aliphatic heterocycles. The molecule has 1 heterocycles. The standard InChI is InChI=1S/C25H24N2O3S/c1-3-30-20-13-14-23-22(15-20)25(27-16-19-11-9-18(2)10-12-19)24(17-26-23)31(28,29)21-7-5-4-6-8-21/h4-15,17H,3,16H2,1-2H3,(H,26,27). The van der Waals surface area contributed by atoms with Crippen LogP contribution in [0.2, 0.25) is 0 Å². The Morgan fingerprint density at radius 3 is 2.42 bits per heavy atom. The summed E-state index contributed by atoms with van der Waals surface area (Å²) in [6, 6.07) is 22.1. The van der Waals surface area contributed by atoms with Crippen LogP contribution in [0.1, 0.15) is 18.1 Å². The van der Waals surface area contributed by atoms with Gasteiger partial charge in [0.1, 0.15) is 10.6 Å². The van der Waals surface area contributed by atoms with Crippen LogP contribution in [0.25, 0.3) is 10.9 Å². The van der Waals surface area contributed by atoms with Crippen molar-refractivity contribution in [2.75, 3.05) is 11.9 Å². The summed E-state index contributed by atoms with van der Waals surface area (Å²) >= 11 is 0. The van der Waals surface area contributed by atoms with E-state index in [0.29, 0.717) is 35.5 Å². The van der Waals surface area contributed by atoms with Crippen molar-refractivity contribution in [3.63, 3.8) is 0 Å². The second-order valence-electron chi connectivity index (χ2n) is 7.27. The molecule has 0 spiro atoms. The highest BCUT2D eigenvalue weighted by Gasteiger charge is 2.24. The van der Waals surface area contributed by atoms with Crippen molar-refractivity contribution in [3.05, 3.63) is 90.1 Å². The van der Waals surface area contributed by atoms with Crippen molar-refractivity contribution in [2.45, 2.75) is 30.2 Å². The van der Waals surface area contributed by atoms with Crippen LogP contribution in [0.15, 0.2) is 88.8 Å². The van der Waals surface area contributed by atoms with Gasteiger partial charge in [-0.1, -0.05) is 48.0 Å². The summed E-state index contributed by atoms with van der Waals surface area (Å²) in [4.78, 5) is 4.80. The minimum Gasteiger partial charge on any atom is -0.494 e. The van der Waals surface area contributed by atoms with Crippen LogP contribution in [0, 0.1) is 6.92 Å². The third-order valence-electron chi connectivity index (χ3n) is 5.05. The van der Waals surface area contributed by atoms with E-state index in [2.05, 4.69) is 10.3 Å². The molecule has 0 saturated carbocycles. The van der Waals surface area contributed by atoms with E-state index in [9.17, 15) is 8.42 Å². The van der Waals surface area contributed by atoms with Crippen LogP contribution in [0.4, 0.5) is 5.69 Å². The van der Waals surface area contributed by atoms with E-state index in [-0.39, 0.29) is 9.79 Å². The first-order chi connectivity index (χ1) is 15.0. The summed E-state index contributed by atoms with van der Waals surface area (Å²) in [6.45, 7) is 4.95. The van der Waals surface area contributed by atoms with E-state index in [0.717, 1.165) is 5.56 Å². The zero-order valence-corrected chi connectivity index (χ0v) is 18.3. The number of pyridine rings is 1. The van der Waals surface area contributed by atoms with Crippen molar-refractivity contribution in [1.82, 2.24) is 4.98 Å². The molecule has 5 nitrogen and oxygen atoms in total. The van der Waals surface area contributed by atoms with Crippen molar-refractivity contribution < 1.29 is 13.2 Å². The molecule has 4 aromatic rings. The molecule has 158 valence electrons. The molecule has 0 radical (unpaired) electrons. The third kappa shape index (κ3) is 4.39. The van der Waals surface area contributed by atoms with E-state index in [1.54, 1.807) is 30.3 Å². The molecule has 0 amide bonds. The molecule has 0 bridgehead atoms. The fraction of sp³-hybridized carbons (Fsp3) is 0.160. The van der Waals surface area contributed by atoms with Gasteiger partial charge in [0.05, 0.1) is 22.7 Å². The number of ether oxygens (including phenoxy) is 1. The Morgan fingerprint density at radius 2 is 1.71 bits per heavy atom. The number of aromatic nitrogens is 1. The van der Waals surface area contributed by atoms with E-state index < -0.39 is 9.84 Å². The number of aryl methyl sites for hydroxylation is 1. The average Bonchev–Trinajstić information content (AvgIpc) is 2.79. The number of hydrogen-bond acceptors (Lipinski definition) is 5. The molecule has 1 aromatic heterocycles. The Labute approximate surface area is 182 Å². The maximum Gasteiger partial charge on any atom is 0.210 e. The first-order valence-electron chi connectivity index (χ1n) is 10.1. The summed E-state index contributed by atoms with van der Waals surface area (Å²) < 4.78 is 32.6. The summed E-state index contributed by atoms with van der Waals surface area (Å²) in [7, 11) is -3.76. The van der Waals surface area contributed by atoms with Gasteiger partial charge in [0, 0.05) is 18.1 Å². The Kier molecular flexibility index (Phi) is 5.91. The van der Waals surface area contributed by atoms with Gasteiger partial charge in [-0.2, -0.15) is 0 Å². The molecular formula is C25H24N2O3S. The van der Waals surface area contributed by atoms with Crippen LogP contribution in [0.5, 0.6) is 5.75 Å². The third-order valence-corrected chi connectivity index (χ3v) is 6.83. The molecule has 0 saturated heterocycles. The minimum absolute atomic E-state index is 0.145. The largest absolute Gasteiger partial charge is 0.494 e. The zero-order valence-electron chi connectivity index (χ0n) is 17.5. The lowest BCUT2D eigenvalue weighted by molar-refractivity contribution is 0.340. The monoisotopic (exact) mass is 432 g/mol. The predicted octanol–water partition coefficient (Wildman–Crippen LogP) is 5.39. The van der Waals surface area contributed by atoms with Gasteiger partial charge >= 0.3 is 0 Å². The fourth-order valence-electron chi connectivity index (χ4n) is 3.42. The Balaban J connectivity index is 1.86. The van der Waals surface area contributed by atoms with Crippen LogP contribution in [0.3, 0.4) is 0 Å². The number of rotatable bonds is 7. The van der Waals surface area contributed by atoms with Gasteiger partial charge in [0.25, 0.3) is 0 Å². The first-order valence-corrected chi connectivity index (χ1v) is 11.6. The van der Waals surface area contributed by atoms with E-state index in [4.69, 9.17) is 4.74 Å². The van der Waals surface area contributed by atoms with Crippen LogP contribution < -0.4 is 10.1 Å². The topological polar surface area (TPSA) is 68.3 Å². The first kappa shape index (κ1) is 20.9. The van der Waals surface area contributed by atoms with Gasteiger partial charge in [-0.3, -0.25) is 4.98 Å². The Bertz CT molecular complexity index is 1300. The van der Waals surface area contributed by atoms with Crippen LogP contribution in [-0.2, 0) is 16.4 Å². The lowest BCUT2D eigenvalue weighted by Gasteiger charge is -2.16.